The van der Waals surface area contributed by atoms with Crippen LogP contribution in [0.4, 0.5) is 0 Å². The standard InChI is InChI=1S/C15H12N2O2.ClH/c1-2-6-17-10-12(16-15(17)3-1)11-4-5-13-14(9-11)19-8-7-18-13;/h1-6,9-10H,7-8H2;1H. The SMILES string of the molecule is Cl.c1ccn2cc(-c3ccc4c(c3)OCCO4)nc2c1. The second kappa shape index (κ2) is 5.06. The fourth-order valence-electron chi connectivity index (χ4n) is 2.28. The minimum atomic E-state index is 0. The number of nitrogens with zero attached hydrogens (tertiary/aromatic N) is 2. The van der Waals surface area contributed by atoms with E-state index in [9.17, 15) is 0 Å². The van der Waals surface area contributed by atoms with Crippen LogP contribution in [0.25, 0.3) is 16.9 Å². The van der Waals surface area contributed by atoms with Crippen molar-refractivity contribution in [3.05, 3.63) is 48.8 Å². The Kier molecular flexibility index (Phi) is 3.24. The van der Waals surface area contributed by atoms with Crippen LogP contribution in [0, 0.1) is 0 Å². The molecule has 102 valence electrons. The largest absolute Gasteiger partial charge is 0.486 e. The Morgan fingerprint density at radius 1 is 1.00 bits per heavy atom. The molecule has 0 aliphatic carbocycles. The summed E-state index contributed by atoms with van der Waals surface area (Å²) in [4.78, 5) is 4.60. The van der Waals surface area contributed by atoms with E-state index in [4.69, 9.17) is 9.47 Å². The van der Waals surface area contributed by atoms with Crippen LogP contribution in [0.2, 0.25) is 0 Å². The molecule has 5 heteroatoms. The van der Waals surface area contributed by atoms with E-state index >= 15 is 0 Å². The second-order valence-electron chi connectivity index (χ2n) is 4.45. The molecule has 0 amide bonds. The molecule has 1 aliphatic rings. The number of fused-ring (bicyclic) bond motifs is 2. The average Bonchev–Trinajstić information content (AvgIpc) is 2.90. The highest BCUT2D eigenvalue weighted by Gasteiger charge is 2.13. The monoisotopic (exact) mass is 288 g/mol. The summed E-state index contributed by atoms with van der Waals surface area (Å²) in [6.07, 6.45) is 4.00. The quantitative estimate of drug-likeness (QED) is 0.690. The molecule has 0 saturated heterocycles. The summed E-state index contributed by atoms with van der Waals surface area (Å²) < 4.78 is 13.1. The van der Waals surface area contributed by atoms with Crippen LogP contribution in [-0.4, -0.2) is 22.6 Å². The molecule has 0 radical (unpaired) electrons. The van der Waals surface area contributed by atoms with Gasteiger partial charge in [-0.25, -0.2) is 4.98 Å². The van der Waals surface area contributed by atoms with Gasteiger partial charge in [-0.15, -0.1) is 12.4 Å². The van der Waals surface area contributed by atoms with E-state index in [1.807, 2.05) is 53.2 Å². The highest BCUT2D eigenvalue weighted by molar-refractivity contribution is 5.85. The first kappa shape index (κ1) is 12.8. The van der Waals surface area contributed by atoms with E-state index in [2.05, 4.69) is 4.98 Å². The van der Waals surface area contributed by atoms with Gasteiger partial charge in [-0.2, -0.15) is 0 Å². The molecule has 0 spiro atoms. The summed E-state index contributed by atoms with van der Waals surface area (Å²) in [7, 11) is 0. The van der Waals surface area contributed by atoms with E-state index < -0.39 is 0 Å². The predicted molar refractivity (Wildman–Crippen MR) is 78.9 cm³/mol. The predicted octanol–water partition coefficient (Wildman–Crippen LogP) is 3.19. The van der Waals surface area contributed by atoms with Gasteiger partial charge in [0.2, 0.25) is 0 Å². The summed E-state index contributed by atoms with van der Waals surface area (Å²) in [5.41, 5.74) is 2.91. The van der Waals surface area contributed by atoms with Gasteiger partial charge in [0.1, 0.15) is 18.9 Å². The molecule has 20 heavy (non-hydrogen) atoms. The fourth-order valence-corrected chi connectivity index (χ4v) is 2.28. The third kappa shape index (κ3) is 2.08. The molecule has 3 heterocycles. The molecule has 3 aromatic rings. The minimum absolute atomic E-state index is 0. The van der Waals surface area contributed by atoms with Crippen molar-refractivity contribution in [3.8, 4) is 22.8 Å². The lowest BCUT2D eigenvalue weighted by atomic mass is 10.1. The molecule has 0 unspecified atom stereocenters. The average molecular weight is 289 g/mol. The van der Waals surface area contributed by atoms with Crippen molar-refractivity contribution in [3.63, 3.8) is 0 Å². The highest BCUT2D eigenvalue weighted by Crippen LogP contribution is 2.34. The number of halogens is 1. The summed E-state index contributed by atoms with van der Waals surface area (Å²) in [6, 6.07) is 11.9. The van der Waals surface area contributed by atoms with Crippen LogP contribution in [0.15, 0.2) is 48.8 Å². The molecular weight excluding hydrogens is 276 g/mol. The molecule has 1 aromatic carbocycles. The number of imidazole rings is 1. The van der Waals surface area contributed by atoms with Gasteiger partial charge in [-0.1, -0.05) is 6.07 Å². The number of benzene rings is 1. The van der Waals surface area contributed by atoms with Crippen LogP contribution in [-0.2, 0) is 0 Å². The minimum Gasteiger partial charge on any atom is -0.486 e. The Bertz CT molecular complexity index is 721. The van der Waals surface area contributed by atoms with E-state index in [0.29, 0.717) is 13.2 Å². The zero-order chi connectivity index (χ0) is 12.7. The van der Waals surface area contributed by atoms with Crippen molar-refractivity contribution in [2.75, 3.05) is 13.2 Å². The number of ether oxygens (including phenoxy) is 2. The van der Waals surface area contributed by atoms with Crippen LogP contribution in [0.3, 0.4) is 0 Å². The van der Waals surface area contributed by atoms with Gasteiger partial charge in [-0.05, 0) is 30.3 Å². The first-order valence-electron chi connectivity index (χ1n) is 6.24. The Hall–Kier alpha value is -2.20. The normalized spacial score (nSPS) is 13.0. The van der Waals surface area contributed by atoms with Crippen LogP contribution >= 0.6 is 12.4 Å². The highest BCUT2D eigenvalue weighted by atomic mass is 35.5. The van der Waals surface area contributed by atoms with Crippen LogP contribution in [0.5, 0.6) is 11.5 Å². The molecule has 4 nitrogen and oxygen atoms in total. The molecule has 1 aliphatic heterocycles. The zero-order valence-electron chi connectivity index (χ0n) is 10.7. The van der Waals surface area contributed by atoms with Crippen molar-refractivity contribution < 1.29 is 9.47 Å². The number of rotatable bonds is 1. The lowest BCUT2D eigenvalue weighted by Crippen LogP contribution is -2.15. The van der Waals surface area contributed by atoms with Crippen molar-refractivity contribution in [2.24, 2.45) is 0 Å². The van der Waals surface area contributed by atoms with E-state index in [1.54, 1.807) is 0 Å². The molecule has 0 saturated carbocycles. The number of pyridine rings is 1. The Morgan fingerprint density at radius 3 is 2.70 bits per heavy atom. The van der Waals surface area contributed by atoms with E-state index in [0.717, 1.165) is 28.4 Å². The Balaban J connectivity index is 0.00000121. The number of hydrogen-bond donors (Lipinski definition) is 0. The topological polar surface area (TPSA) is 35.8 Å². The lowest BCUT2D eigenvalue weighted by molar-refractivity contribution is 0.171. The van der Waals surface area contributed by atoms with Crippen LogP contribution < -0.4 is 9.47 Å². The smallest absolute Gasteiger partial charge is 0.162 e. The third-order valence-corrected chi connectivity index (χ3v) is 3.20. The van der Waals surface area contributed by atoms with Gasteiger partial charge in [0.15, 0.2) is 11.5 Å². The van der Waals surface area contributed by atoms with Gasteiger partial charge >= 0.3 is 0 Å². The third-order valence-electron chi connectivity index (χ3n) is 3.20. The summed E-state index contributed by atoms with van der Waals surface area (Å²) >= 11 is 0. The molecule has 0 N–H and O–H groups in total. The lowest BCUT2D eigenvalue weighted by Gasteiger charge is -2.18. The van der Waals surface area contributed by atoms with Crippen molar-refractivity contribution in [1.82, 2.24) is 9.38 Å². The Labute approximate surface area is 122 Å². The molecule has 0 fully saturated rings. The van der Waals surface area contributed by atoms with Crippen molar-refractivity contribution in [1.29, 1.82) is 0 Å². The zero-order valence-corrected chi connectivity index (χ0v) is 11.5. The van der Waals surface area contributed by atoms with E-state index in [1.165, 1.54) is 0 Å². The molecular formula is C15H13ClN2O2. The summed E-state index contributed by atoms with van der Waals surface area (Å²) in [5, 5.41) is 0. The number of hydrogen-bond acceptors (Lipinski definition) is 3. The number of aromatic nitrogens is 2. The summed E-state index contributed by atoms with van der Waals surface area (Å²) in [6.45, 7) is 1.21. The van der Waals surface area contributed by atoms with Gasteiger partial charge in [0.05, 0.1) is 5.69 Å². The molecule has 2 aromatic heterocycles. The first-order chi connectivity index (χ1) is 9.40. The van der Waals surface area contributed by atoms with Gasteiger partial charge in [-0.3, -0.25) is 0 Å². The maximum Gasteiger partial charge on any atom is 0.162 e. The maximum atomic E-state index is 5.60. The molecule has 0 bridgehead atoms. The van der Waals surface area contributed by atoms with E-state index in [-0.39, 0.29) is 12.4 Å². The van der Waals surface area contributed by atoms with Gasteiger partial charge in [0.25, 0.3) is 0 Å². The van der Waals surface area contributed by atoms with Crippen LogP contribution in [0.1, 0.15) is 0 Å². The van der Waals surface area contributed by atoms with Crippen molar-refractivity contribution >= 4 is 18.1 Å². The second-order valence-corrected chi connectivity index (χ2v) is 4.45. The Morgan fingerprint density at radius 2 is 1.85 bits per heavy atom. The van der Waals surface area contributed by atoms with Gasteiger partial charge < -0.3 is 13.9 Å². The van der Waals surface area contributed by atoms with Gasteiger partial charge in [0, 0.05) is 18.0 Å². The maximum absolute atomic E-state index is 5.60. The van der Waals surface area contributed by atoms with Crippen molar-refractivity contribution in [2.45, 2.75) is 0 Å². The molecule has 0 atom stereocenters. The first-order valence-corrected chi connectivity index (χ1v) is 6.24. The fraction of sp³-hybridized carbons (Fsp3) is 0.133. The summed E-state index contributed by atoms with van der Waals surface area (Å²) in [5.74, 6) is 1.60. The molecule has 4 rings (SSSR count).